The van der Waals surface area contributed by atoms with Gasteiger partial charge in [0.2, 0.25) is 0 Å². The Kier molecular flexibility index (Phi) is 4.19. The Morgan fingerprint density at radius 1 is 1.07 bits per heavy atom. The van der Waals surface area contributed by atoms with Crippen LogP contribution in [0.2, 0.25) is 0 Å². The van der Waals surface area contributed by atoms with Crippen molar-refractivity contribution in [3.8, 4) is 0 Å². The molecule has 1 rings (SSSR count). The van der Waals surface area contributed by atoms with Crippen LogP contribution in [0.3, 0.4) is 0 Å². The molecule has 0 aliphatic heterocycles. The monoisotopic (exact) mass is 206 g/mol. The molecule has 0 bridgehead atoms. The van der Waals surface area contributed by atoms with E-state index in [4.69, 9.17) is 0 Å². The molecule has 2 unspecified atom stereocenters. The minimum Gasteiger partial charge on any atom is -0.0771 e. The van der Waals surface area contributed by atoms with E-state index >= 15 is 0 Å². The van der Waals surface area contributed by atoms with Crippen LogP contribution in [0.1, 0.15) is 60.3 Å². The van der Waals surface area contributed by atoms with E-state index in [-0.39, 0.29) is 0 Å². The van der Waals surface area contributed by atoms with E-state index in [2.05, 4.69) is 46.8 Å². The first-order valence-corrected chi connectivity index (χ1v) is 6.54. The molecule has 0 aromatic heterocycles. The maximum atomic E-state index is 2.56. The van der Waals surface area contributed by atoms with Gasteiger partial charge in [-0.25, -0.2) is 0 Å². The van der Waals surface area contributed by atoms with Crippen LogP contribution in [0.25, 0.3) is 0 Å². The zero-order chi connectivity index (χ0) is 11.5. The van der Waals surface area contributed by atoms with Crippen molar-refractivity contribution in [3.63, 3.8) is 0 Å². The molecule has 1 aliphatic carbocycles. The van der Waals surface area contributed by atoms with Gasteiger partial charge in [-0.3, -0.25) is 0 Å². The van der Waals surface area contributed by atoms with Crippen molar-refractivity contribution in [3.05, 3.63) is 23.3 Å². The molecular formula is C15H26. The van der Waals surface area contributed by atoms with Gasteiger partial charge in [0.05, 0.1) is 0 Å². The smallest absolute Gasteiger partial charge is 0.00804 e. The first-order chi connectivity index (χ1) is 7.11. The second-order valence-electron chi connectivity index (χ2n) is 4.94. The summed E-state index contributed by atoms with van der Waals surface area (Å²) in [5.74, 6) is 0.743. The lowest BCUT2D eigenvalue weighted by atomic mass is 9.67. The summed E-state index contributed by atoms with van der Waals surface area (Å²) in [6.45, 7) is 11.6. The van der Waals surface area contributed by atoms with Gasteiger partial charge in [0.15, 0.2) is 0 Å². The molecule has 0 N–H and O–H groups in total. The number of hydrogen-bond acceptors (Lipinski definition) is 0. The molecule has 0 saturated heterocycles. The molecule has 0 nitrogen and oxygen atoms in total. The second kappa shape index (κ2) is 5.01. The molecule has 0 spiro atoms. The van der Waals surface area contributed by atoms with Crippen molar-refractivity contribution in [2.24, 2.45) is 11.3 Å². The highest BCUT2D eigenvalue weighted by atomic mass is 14.4. The standard InChI is InChI=1S/C15H26/c1-6-12-10-14(8-3)15(5,9-4)11-13(12)7-2/h10-11,14H,6-9H2,1-5H3. The van der Waals surface area contributed by atoms with Gasteiger partial charge >= 0.3 is 0 Å². The highest BCUT2D eigenvalue weighted by Crippen LogP contribution is 2.43. The predicted octanol–water partition coefficient (Wildman–Crippen LogP) is 5.12. The van der Waals surface area contributed by atoms with Crippen LogP contribution in [-0.4, -0.2) is 0 Å². The Morgan fingerprint density at radius 3 is 2.07 bits per heavy atom. The summed E-state index contributed by atoms with van der Waals surface area (Å²) in [7, 11) is 0. The fourth-order valence-electron chi connectivity index (χ4n) is 2.76. The van der Waals surface area contributed by atoms with E-state index in [1.807, 2.05) is 0 Å². The molecule has 1 aliphatic rings. The number of hydrogen-bond donors (Lipinski definition) is 0. The van der Waals surface area contributed by atoms with Crippen molar-refractivity contribution in [2.45, 2.75) is 60.3 Å². The number of allylic oxidation sites excluding steroid dienone is 4. The normalized spacial score (nSPS) is 31.1. The fraction of sp³-hybridized carbons (Fsp3) is 0.733. The summed E-state index contributed by atoms with van der Waals surface area (Å²) in [5, 5.41) is 0. The Bertz CT molecular complexity index is 270. The predicted molar refractivity (Wildman–Crippen MR) is 68.9 cm³/mol. The van der Waals surface area contributed by atoms with Crippen molar-refractivity contribution in [1.82, 2.24) is 0 Å². The minimum absolute atomic E-state index is 0.402. The third-order valence-corrected chi connectivity index (χ3v) is 4.13. The third kappa shape index (κ3) is 2.35. The van der Waals surface area contributed by atoms with Gasteiger partial charge in [-0.05, 0) is 48.2 Å². The second-order valence-corrected chi connectivity index (χ2v) is 4.94. The minimum atomic E-state index is 0.402. The lowest BCUT2D eigenvalue weighted by Crippen LogP contribution is -2.26. The van der Waals surface area contributed by atoms with Crippen LogP contribution in [0, 0.1) is 11.3 Å². The Balaban J connectivity index is 3.05. The van der Waals surface area contributed by atoms with Crippen molar-refractivity contribution >= 4 is 0 Å². The topological polar surface area (TPSA) is 0 Å². The highest BCUT2D eigenvalue weighted by molar-refractivity contribution is 5.37. The quantitative estimate of drug-likeness (QED) is 0.599. The van der Waals surface area contributed by atoms with Gasteiger partial charge in [-0.2, -0.15) is 0 Å². The van der Waals surface area contributed by atoms with Crippen LogP contribution in [-0.2, 0) is 0 Å². The molecule has 0 amide bonds. The maximum absolute atomic E-state index is 2.56. The average molecular weight is 206 g/mol. The van der Waals surface area contributed by atoms with E-state index in [1.54, 1.807) is 11.1 Å². The summed E-state index contributed by atoms with van der Waals surface area (Å²) in [5.41, 5.74) is 3.58. The average Bonchev–Trinajstić information content (AvgIpc) is 2.28. The largest absolute Gasteiger partial charge is 0.0771 e. The van der Waals surface area contributed by atoms with Gasteiger partial charge in [-0.1, -0.05) is 46.8 Å². The van der Waals surface area contributed by atoms with Gasteiger partial charge in [0.25, 0.3) is 0 Å². The van der Waals surface area contributed by atoms with E-state index in [0.717, 1.165) is 5.92 Å². The van der Waals surface area contributed by atoms with E-state index in [1.165, 1.54) is 25.7 Å². The molecule has 0 heterocycles. The van der Waals surface area contributed by atoms with Crippen LogP contribution in [0.15, 0.2) is 23.3 Å². The van der Waals surface area contributed by atoms with Crippen molar-refractivity contribution < 1.29 is 0 Å². The molecule has 86 valence electrons. The first-order valence-electron chi connectivity index (χ1n) is 6.54. The Hall–Kier alpha value is -0.520. The summed E-state index contributed by atoms with van der Waals surface area (Å²) in [6, 6.07) is 0. The van der Waals surface area contributed by atoms with Gasteiger partial charge < -0.3 is 0 Å². The van der Waals surface area contributed by atoms with Crippen LogP contribution in [0.5, 0.6) is 0 Å². The molecule has 2 atom stereocenters. The Morgan fingerprint density at radius 2 is 1.67 bits per heavy atom. The lowest BCUT2D eigenvalue weighted by Gasteiger charge is -2.37. The molecule has 0 heteroatoms. The van der Waals surface area contributed by atoms with E-state index in [9.17, 15) is 0 Å². The van der Waals surface area contributed by atoms with Crippen molar-refractivity contribution in [1.29, 1.82) is 0 Å². The molecule has 0 aromatic rings. The molecule has 15 heavy (non-hydrogen) atoms. The molecule has 0 aromatic carbocycles. The molecule has 0 saturated carbocycles. The molecular weight excluding hydrogens is 180 g/mol. The van der Waals surface area contributed by atoms with Crippen LogP contribution < -0.4 is 0 Å². The summed E-state index contributed by atoms with van der Waals surface area (Å²) < 4.78 is 0. The molecule has 0 fully saturated rings. The van der Waals surface area contributed by atoms with Crippen molar-refractivity contribution in [2.75, 3.05) is 0 Å². The zero-order valence-electron chi connectivity index (χ0n) is 11.1. The van der Waals surface area contributed by atoms with Gasteiger partial charge in [0, 0.05) is 0 Å². The summed E-state index contributed by atoms with van der Waals surface area (Å²) in [4.78, 5) is 0. The Labute approximate surface area is 95.5 Å². The first kappa shape index (κ1) is 12.5. The van der Waals surface area contributed by atoms with E-state index in [0.29, 0.717) is 5.41 Å². The van der Waals surface area contributed by atoms with Gasteiger partial charge in [-0.15, -0.1) is 0 Å². The zero-order valence-corrected chi connectivity index (χ0v) is 11.1. The summed E-state index contributed by atoms with van der Waals surface area (Å²) in [6.07, 6.45) is 9.99. The molecule has 0 radical (unpaired) electrons. The van der Waals surface area contributed by atoms with Crippen LogP contribution in [0.4, 0.5) is 0 Å². The lowest BCUT2D eigenvalue weighted by molar-refractivity contribution is 0.280. The third-order valence-electron chi connectivity index (χ3n) is 4.13. The SMILES string of the molecule is CCC1=CC(CC)C(C)(CC)C=C1CC. The van der Waals surface area contributed by atoms with Gasteiger partial charge in [0.1, 0.15) is 0 Å². The van der Waals surface area contributed by atoms with E-state index < -0.39 is 0 Å². The highest BCUT2D eigenvalue weighted by Gasteiger charge is 2.31. The number of rotatable bonds is 4. The maximum Gasteiger partial charge on any atom is -0.00804 e. The summed E-state index contributed by atoms with van der Waals surface area (Å²) >= 11 is 0. The van der Waals surface area contributed by atoms with Crippen LogP contribution >= 0.6 is 0 Å². The fourth-order valence-corrected chi connectivity index (χ4v) is 2.76.